The van der Waals surface area contributed by atoms with Crippen molar-refractivity contribution in [2.75, 3.05) is 13.2 Å². The highest BCUT2D eigenvalue weighted by Gasteiger charge is 2.25. The van der Waals surface area contributed by atoms with Crippen LogP contribution in [0, 0.1) is 5.92 Å². The van der Waals surface area contributed by atoms with Crippen LogP contribution in [0.2, 0.25) is 0 Å². The standard InChI is InChI=1S/C23H30N2O4/c1-5-28-20-13-9-10-18(14-20)17(4)24-23(27)22(16(2)3)25-21(26)15-29-19-11-7-6-8-12-19/h6-14,16-17,22H,5,15H2,1-4H3,(H,24,27)(H,25,26). The van der Waals surface area contributed by atoms with E-state index in [0.717, 1.165) is 11.3 Å². The summed E-state index contributed by atoms with van der Waals surface area (Å²) in [6, 6.07) is 15.8. The Bertz CT molecular complexity index is 792. The molecule has 2 unspecified atom stereocenters. The first-order valence-corrected chi connectivity index (χ1v) is 9.91. The molecule has 2 rings (SSSR count). The minimum absolute atomic E-state index is 0.0716. The second-order valence-electron chi connectivity index (χ2n) is 7.13. The third-order valence-corrected chi connectivity index (χ3v) is 4.41. The molecule has 0 saturated carbocycles. The van der Waals surface area contributed by atoms with Gasteiger partial charge in [0.1, 0.15) is 17.5 Å². The Hall–Kier alpha value is -3.02. The number of hydrogen-bond donors (Lipinski definition) is 2. The van der Waals surface area contributed by atoms with Gasteiger partial charge in [-0.3, -0.25) is 9.59 Å². The van der Waals surface area contributed by atoms with Crippen molar-refractivity contribution >= 4 is 11.8 Å². The van der Waals surface area contributed by atoms with Crippen LogP contribution in [-0.2, 0) is 9.59 Å². The van der Waals surface area contributed by atoms with Crippen molar-refractivity contribution in [2.45, 2.75) is 39.8 Å². The number of amides is 2. The molecular weight excluding hydrogens is 368 g/mol. The third-order valence-electron chi connectivity index (χ3n) is 4.41. The van der Waals surface area contributed by atoms with Gasteiger partial charge in [-0.15, -0.1) is 0 Å². The average molecular weight is 399 g/mol. The molecule has 6 nitrogen and oxygen atoms in total. The highest BCUT2D eigenvalue weighted by atomic mass is 16.5. The Kier molecular flexibility index (Phi) is 8.52. The van der Waals surface area contributed by atoms with Gasteiger partial charge in [0.15, 0.2) is 6.61 Å². The molecule has 2 amide bonds. The Morgan fingerprint density at radius 1 is 0.897 bits per heavy atom. The molecule has 0 heterocycles. The second kappa shape index (κ2) is 11.1. The van der Waals surface area contributed by atoms with E-state index in [0.29, 0.717) is 12.4 Å². The lowest BCUT2D eigenvalue weighted by Gasteiger charge is -2.24. The molecule has 0 fully saturated rings. The molecule has 0 radical (unpaired) electrons. The summed E-state index contributed by atoms with van der Waals surface area (Å²) >= 11 is 0. The lowest BCUT2D eigenvalue weighted by molar-refractivity contribution is -0.131. The summed E-state index contributed by atoms with van der Waals surface area (Å²) in [6.07, 6.45) is 0. The first-order chi connectivity index (χ1) is 13.9. The second-order valence-corrected chi connectivity index (χ2v) is 7.13. The summed E-state index contributed by atoms with van der Waals surface area (Å²) in [7, 11) is 0. The molecule has 29 heavy (non-hydrogen) atoms. The number of rotatable bonds is 10. The molecule has 0 bridgehead atoms. The molecule has 0 aromatic heterocycles. The minimum Gasteiger partial charge on any atom is -0.494 e. The molecular formula is C23H30N2O4. The molecule has 2 aromatic rings. The molecule has 6 heteroatoms. The molecule has 0 spiro atoms. The maximum Gasteiger partial charge on any atom is 0.258 e. The van der Waals surface area contributed by atoms with Crippen molar-refractivity contribution < 1.29 is 19.1 Å². The summed E-state index contributed by atoms with van der Waals surface area (Å²) < 4.78 is 11.0. The Morgan fingerprint density at radius 2 is 1.59 bits per heavy atom. The molecule has 156 valence electrons. The quantitative estimate of drug-likeness (QED) is 0.642. The van der Waals surface area contributed by atoms with Gasteiger partial charge in [0.25, 0.3) is 5.91 Å². The van der Waals surface area contributed by atoms with Crippen LogP contribution in [0.4, 0.5) is 0 Å². The lowest BCUT2D eigenvalue weighted by Crippen LogP contribution is -2.51. The summed E-state index contributed by atoms with van der Waals surface area (Å²) in [5, 5.41) is 5.75. The summed E-state index contributed by atoms with van der Waals surface area (Å²) in [6.45, 7) is 8.05. The van der Waals surface area contributed by atoms with Gasteiger partial charge in [0.2, 0.25) is 5.91 Å². The van der Waals surface area contributed by atoms with E-state index < -0.39 is 6.04 Å². The Morgan fingerprint density at radius 3 is 2.24 bits per heavy atom. The van der Waals surface area contributed by atoms with Crippen LogP contribution in [0.3, 0.4) is 0 Å². The van der Waals surface area contributed by atoms with Gasteiger partial charge in [-0.2, -0.15) is 0 Å². The van der Waals surface area contributed by atoms with E-state index in [2.05, 4.69) is 10.6 Å². The Balaban J connectivity index is 1.94. The predicted molar refractivity (Wildman–Crippen MR) is 113 cm³/mol. The number of hydrogen-bond acceptors (Lipinski definition) is 4. The topological polar surface area (TPSA) is 76.7 Å². The largest absolute Gasteiger partial charge is 0.494 e. The highest BCUT2D eigenvalue weighted by molar-refractivity contribution is 5.88. The number of nitrogens with one attached hydrogen (secondary N) is 2. The summed E-state index contributed by atoms with van der Waals surface area (Å²) in [5.41, 5.74) is 0.936. The van der Waals surface area contributed by atoms with Crippen molar-refractivity contribution in [1.29, 1.82) is 0 Å². The van der Waals surface area contributed by atoms with Crippen LogP contribution >= 0.6 is 0 Å². The first kappa shape index (κ1) is 22.3. The van der Waals surface area contributed by atoms with Crippen LogP contribution < -0.4 is 20.1 Å². The van der Waals surface area contributed by atoms with E-state index in [1.807, 2.05) is 70.2 Å². The van der Waals surface area contributed by atoms with E-state index in [4.69, 9.17) is 9.47 Å². The van der Waals surface area contributed by atoms with Crippen LogP contribution in [0.15, 0.2) is 54.6 Å². The van der Waals surface area contributed by atoms with Gasteiger partial charge in [0, 0.05) is 0 Å². The first-order valence-electron chi connectivity index (χ1n) is 9.91. The maximum absolute atomic E-state index is 12.8. The van der Waals surface area contributed by atoms with Crippen LogP contribution in [0.25, 0.3) is 0 Å². The fraction of sp³-hybridized carbons (Fsp3) is 0.391. The van der Waals surface area contributed by atoms with E-state index in [-0.39, 0.29) is 30.4 Å². The minimum atomic E-state index is -0.653. The molecule has 0 aliphatic rings. The molecule has 0 saturated heterocycles. The number of carbonyl (C=O) groups is 2. The van der Waals surface area contributed by atoms with Crippen molar-refractivity contribution in [3.8, 4) is 11.5 Å². The average Bonchev–Trinajstić information content (AvgIpc) is 2.71. The van der Waals surface area contributed by atoms with Gasteiger partial charge in [-0.1, -0.05) is 44.2 Å². The summed E-state index contributed by atoms with van der Waals surface area (Å²) in [5.74, 6) is 0.725. The van der Waals surface area contributed by atoms with E-state index in [9.17, 15) is 9.59 Å². The fourth-order valence-electron chi connectivity index (χ4n) is 2.84. The third kappa shape index (κ3) is 7.14. The van der Waals surface area contributed by atoms with Crippen LogP contribution in [-0.4, -0.2) is 31.1 Å². The number of carbonyl (C=O) groups excluding carboxylic acids is 2. The van der Waals surface area contributed by atoms with Crippen LogP contribution in [0.5, 0.6) is 11.5 Å². The smallest absolute Gasteiger partial charge is 0.258 e. The predicted octanol–water partition coefficient (Wildman–Crippen LogP) is 3.48. The van der Waals surface area contributed by atoms with E-state index in [1.165, 1.54) is 0 Å². The monoisotopic (exact) mass is 398 g/mol. The van der Waals surface area contributed by atoms with Gasteiger partial charge < -0.3 is 20.1 Å². The van der Waals surface area contributed by atoms with Gasteiger partial charge in [0.05, 0.1) is 12.6 Å². The van der Waals surface area contributed by atoms with Crippen molar-refractivity contribution in [1.82, 2.24) is 10.6 Å². The zero-order chi connectivity index (χ0) is 21.2. The normalized spacial score (nSPS) is 12.7. The zero-order valence-electron chi connectivity index (χ0n) is 17.5. The fourth-order valence-corrected chi connectivity index (χ4v) is 2.84. The van der Waals surface area contributed by atoms with Crippen molar-refractivity contribution in [3.05, 3.63) is 60.2 Å². The molecule has 0 aliphatic carbocycles. The Labute approximate surface area is 172 Å². The number of para-hydroxylation sites is 1. The maximum atomic E-state index is 12.8. The van der Waals surface area contributed by atoms with Gasteiger partial charge >= 0.3 is 0 Å². The van der Waals surface area contributed by atoms with E-state index in [1.54, 1.807) is 12.1 Å². The van der Waals surface area contributed by atoms with Crippen LogP contribution in [0.1, 0.15) is 39.3 Å². The van der Waals surface area contributed by atoms with E-state index >= 15 is 0 Å². The molecule has 2 aromatic carbocycles. The number of benzene rings is 2. The molecule has 2 atom stereocenters. The summed E-state index contributed by atoms with van der Waals surface area (Å²) in [4.78, 5) is 25.1. The van der Waals surface area contributed by atoms with Gasteiger partial charge in [-0.05, 0) is 49.6 Å². The number of ether oxygens (including phenoxy) is 2. The zero-order valence-corrected chi connectivity index (χ0v) is 17.5. The van der Waals surface area contributed by atoms with Crippen molar-refractivity contribution in [2.24, 2.45) is 5.92 Å². The van der Waals surface area contributed by atoms with Crippen molar-refractivity contribution in [3.63, 3.8) is 0 Å². The highest BCUT2D eigenvalue weighted by Crippen LogP contribution is 2.19. The molecule has 0 aliphatic heterocycles. The van der Waals surface area contributed by atoms with Gasteiger partial charge in [-0.25, -0.2) is 0 Å². The SMILES string of the molecule is CCOc1cccc(C(C)NC(=O)C(NC(=O)COc2ccccc2)C(C)C)c1. The lowest BCUT2D eigenvalue weighted by atomic mass is 10.0. The molecule has 2 N–H and O–H groups in total.